The minimum absolute atomic E-state index is 0.248. The summed E-state index contributed by atoms with van der Waals surface area (Å²) in [6.07, 6.45) is -1.00. The summed E-state index contributed by atoms with van der Waals surface area (Å²) in [7, 11) is 0. The second-order valence-corrected chi connectivity index (χ2v) is 6.58. The van der Waals surface area contributed by atoms with Crippen LogP contribution in [0.2, 0.25) is 5.02 Å². The molecule has 1 N–H and O–H groups in total. The number of nitrogens with zero attached hydrogens (tertiary/aromatic N) is 4. The predicted molar refractivity (Wildman–Crippen MR) is 96.8 cm³/mol. The van der Waals surface area contributed by atoms with Crippen LogP contribution in [0.15, 0.2) is 41.8 Å². The van der Waals surface area contributed by atoms with E-state index in [-0.39, 0.29) is 6.54 Å². The Labute approximate surface area is 157 Å². The van der Waals surface area contributed by atoms with Gasteiger partial charge in [-0.1, -0.05) is 29.8 Å². The summed E-state index contributed by atoms with van der Waals surface area (Å²) in [5.74, 6) is -0.712. The smallest absolute Gasteiger partial charge is 0.330 e. The first-order valence-electron chi connectivity index (χ1n) is 7.59. The van der Waals surface area contributed by atoms with Crippen LogP contribution in [0, 0.1) is 0 Å². The monoisotopic (exact) mass is 391 g/mol. The van der Waals surface area contributed by atoms with E-state index in [1.165, 1.54) is 18.3 Å². The van der Waals surface area contributed by atoms with Gasteiger partial charge in [-0.15, -0.1) is 21.5 Å². The van der Waals surface area contributed by atoms with Crippen molar-refractivity contribution in [2.75, 3.05) is 5.32 Å². The van der Waals surface area contributed by atoms with Crippen LogP contribution in [0.25, 0.3) is 10.7 Å². The molecule has 0 saturated carbocycles. The number of hydrogen-bond acceptors (Lipinski definition) is 7. The third-order valence-corrected chi connectivity index (χ3v) is 4.47. The van der Waals surface area contributed by atoms with Crippen molar-refractivity contribution in [3.63, 3.8) is 0 Å². The summed E-state index contributed by atoms with van der Waals surface area (Å²) in [4.78, 5) is 26.1. The molecular formula is C16H14ClN5O3S. The van der Waals surface area contributed by atoms with E-state index in [9.17, 15) is 9.59 Å². The molecule has 2 heterocycles. The summed E-state index contributed by atoms with van der Waals surface area (Å²) in [6.45, 7) is 1.22. The van der Waals surface area contributed by atoms with Crippen molar-refractivity contribution in [3.05, 3.63) is 46.8 Å². The van der Waals surface area contributed by atoms with E-state index in [0.717, 1.165) is 9.67 Å². The number of carbonyl (C=O) groups is 2. The predicted octanol–water partition coefficient (Wildman–Crippen LogP) is 2.63. The van der Waals surface area contributed by atoms with Gasteiger partial charge < -0.3 is 10.1 Å². The van der Waals surface area contributed by atoms with Gasteiger partial charge in [0.1, 0.15) is 0 Å². The largest absolute Gasteiger partial charge is 0.451 e. The average molecular weight is 392 g/mol. The number of rotatable bonds is 6. The number of nitrogens with one attached hydrogen (secondary N) is 1. The normalized spacial score (nSPS) is 11.8. The van der Waals surface area contributed by atoms with Crippen LogP contribution in [0.1, 0.15) is 6.92 Å². The maximum atomic E-state index is 12.1. The van der Waals surface area contributed by atoms with Crippen LogP contribution in [0.3, 0.4) is 0 Å². The number of esters is 1. The van der Waals surface area contributed by atoms with Gasteiger partial charge in [0, 0.05) is 0 Å². The molecular weight excluding hydrogens is 378 g/mol. The number of carbonyl (C=O) groups excluding carboxylic acids is 2. The first-order valence-corrected chi connectivity index (χ1v) is 8.85. The van der Waals surface area contributed by atoms with Crippen molar-refractivity contribution in [1.29, 1.82) is 0 Å². The molecule has 0 bridgehead atoms. The summed E-state index contributed by atoms with van der Waals surface area (Å²) in [6, 6.07) is 10.5. The molecule has 26 heavy (non-hydrogen) atoms. The van der Waals surface area contributed by atoms with Gasteiger partial charge in [-0.3, -0.25) is 4.79 Å². The van der Waals surface area contributed by atoms with Crippen LogP contribution in [-0.4, -0.2) is 38.2 Å². The van der Waals surface area contributed by atoms with Gasteiger partial charge in [-0.25, -0.2) is 4.79 Å². The highest BCUT2D eigenvalue weighted by molar-refractivity contribution is 7.13. The second-order valence-electron chi connectivity index (χ2n) is 5.22. The van der Waals surface area contributed by atoms with Gasteiger partial charge in [0.05, 0.1) is 15.6 Å². The molecule has 3 aromatic rings. The summed E-state index contributed by atoms with van der Waals surface area (Å²) in [5, 5.41) is 16.7. The van der Waals surface area contributed by atoms with Gasteiger partial charge in [0.15, 0.2) is 12.6 Å². The van der Waals surface area contributed by atoms with Crippen molar-refractivity contribution in [1.82, 2.24) is 20.2 Å². The van der Waals surface area contributed by atoms with Crippen LogP contribution >= 0.6 is 22.9 Å². The lowest BCUT2D eigenvalue weighted by atomic mass is 10.3. The lowest BCUT2D eigenvalue weighted by Crippen LogP contribution is -2.31. The van der Waals surface area contributed by atoms with Crippen LogP contribution in [0.5, 0.6) is 0 Å². The van der Waals surface area contributed by atoms with E-state index in [1.54, 1.807) is 24.3 Å². The highest BCUT2D eigenvalue weighted by Gasteiger charge is 2.20. The molecule has 134 valence electrons. The van der Waals surface area contributed by atoms with Crippen LogP contribution < -0.4 is 5.32 Å². The number of anilines is 1. The molecule has 0 unspecified atom stereocenters. The van der Waals surface area contributed by atoms with Crippen molar-refractivity contribution < 1.29 is 14.3 Å². The highest BCUT2D eigenvalue weighted by Crippen LogP contribution is 2.21. The zero-order chi connectivity index (χ0) is 18.5. The van der Waals surface area contributed by atoms with Gasteiger partial charge in [0.25, 0.3) is 5.91 Å². The number of tetrazole rings is 1. The number of ether oxygens (including phenoxy) is 1. The van der Waals surface area contributed by atoms with E-state index >= 15 is 0 Å². The molecule has 3 rings (SSSR count). The Morgan fingerprint density at radius 1 is 1.31 bits per heavy atom. The van der Waals surface area contributed by atoms with Crippen LogP contribution in [0.4, 0.5) is 5.69 Å². The number of amides is 1. The fourth-order valence-electron chi connectivity index (χ4n) is 2.02. The molecule has 1 atom stereocenters. The first kappa shape index (κ1) is 18.0. The molecule has 1 amide bonds. The molecule has 0 fully saturated rings. The lowest BCUT2D eigenvalue weighted by Gasteiger charge is -2.13. The molecule has 0 spiro atoms. The summed E-state index contributed by atoms with van der Waals surface area (Å²) < 4.78 is 5.11. The fourth-order valence-corrected chi connectivity index (χ4v) is 2.85. The Bertz CT molecular complexity index is 912. The summed E-state index contributed by atoms with van der Waals surface area (Å²) >= 11 is 7.45. The lowest BCUT2D eigenvalue weighted by molar-refractivity contribution is -0.154. The average Bonchev–Trinajstić information content (AvgIpc) is 3.28. The standard InChI is InChI=1S/C16H14ClN5O3S/c1-10(16(24)18-12-6-3-2-5-11(12)17)25-14(23)9-22-20-15(19-21-22)13-7-4-8-26-13/h2-8,10H,9H2,1H3,(H,18,24)/t10-/m0/s1. The maximum absolute atomic E-state index is 12.1. The molecule has 0 saturated heterocycles. The van der Waals surface area contributed by atoms with Crippen molar-refractivity contribution in [2.45, 2.75) is 19.6 Å². The van der Waals surface area contributed by atoms with E-state index in [4.69, 9.17) is 16.3 Å². The quantitative estimate of drug-likeness (QED) is 0.648. The number of hydrogen-bond donors (Lipinski definition) is 1. The molecule has 0 aliphatic rings. The zero-order valence-corrected chi connectivity index (χ0v) is 15.2. The Kier molecular flexibility index (Phi) is 5.59. The van der Waals surface area contributed by atoms with Gasteiger partial charge in [-0.05, 0) is 35.7 Å². The number of benzene rings is 1. The molecule has 10 heteroatoms. The highest BCUT2D eigenvalue weighted by atomic mass is 35.5. The Balaban J connectivity index is 1.54. The SMILES string of the molecule is C[C@H](OC(=O)Cn1nnc(-c2cccs2)n1)C(=O)Nc1ccccc1Cl. The molecule has 1 aromatic carbocycles. The number of thiophene rings is 1. The van der Waals surface area contributed by atoms with E-state index < -0.39 is 18.0 Å². The van der Waals surface area contributed by atoms with Gasteiger partial charge in [-0.2, -0.15) is 4.80 Å². The topological polar surface area (TPSA) is 99.0 Å². The van der Waals surface area contributed by atoms with E-state index in [0.29, 0.717) is 16.5 Å². The first-order chi connectivity index (χ1) is 12.5. The van der Waals surface area contributed by atoms with Crippen molar-refractivity contribution in [3.8, 4) is 10.7 Å². The van der Waals surface area contributed by atoms with Gasteiger partial charge in [0.2, 0.25) is 5.82 Å². The van der Waals surface area contributed by atoms with Crippen molar-refractivity contribution >= 4 is 40.5 Å². The van der Waals surface area contributed by atoms with E-state index in [2.05, 4.69) is 20.7 Å². The Morgan fingerprint density at radius 2 is 2.12 bits per heavy atom. The van der Waals surface area contributed by atoms with Crippen LogP contribution in [-0.2, 0) is 20.9 Å². The van der Waals surface area contributed by atoms with Gasteiger partial charge >= 0.3 is 5.97 Å². The van der Waals surface area contributed by atoms with Crippen molar-refractivity contribution in [2.24, 2.45) is 0 Å². The minimum atomic E-state index is -1.00. The minimum Gasteiger partial charge on any atom is -0.451 e. The maximum Gasteiger partial charge on any atom is 0.330 e. The molecule has 8 nitrogen and oxygen atoms in total. The number of para-hydroxylation sites is 1. The number of aromatic nitrogens is 4. The fraction of sp³-hybridized carbons (Fsp3) is 0.188. The molecule has 2 aromatic heterocycles. The molecule has 0 aliphatic carbocycles. The summed E-state index contributed by atoms with van der Waals surface area (Å²) in [5.41, 5.74) is 0.445. The molecule has 0 aliphatic heterocycles. The zero-order valence-electron chi connectivity index (χ0n) is 13.6. The second kappa shape index (κ2) is 8.07. The van der Waals surface area contributed by atoms with E-state index in [1.807, 2.05) is 17.5 Å². The number of halogens is 1. The Morgan fingerprint density at radius 3 is 2.85 bits per heavy atom. The molecule has 0 radical (unpaired) electrons. The third-order valence-electron chi connectivity index (χ3n) is 3.27. The Hall–Kier alpha value is -2.78. The third kappa shape index (κ3) is 4.44.